The highest BCUT2D eigenvalue weighted by Gasteiger charge is 2.21. The summed E-state index contributed by atoms with van der Waals surface area (Å²) in [7, 11) is 0. The summed E-state index contributed by atoms with van der Waals surface area (Å²) < 4.78 is 0. The van der Waals surface area contributed by atoms with Gasteiger partial charge in [0.2, 0.25) is 5.91 Å². The zero-order valence-corrected chi connectivity index (χ0v) is 9.83. The molecule has 0 aromatic heterocycles. The van der Waals surface area contributed by atoms with Gasteiger partial charge in [-0.1, -0.05) is 13.8 Å². The third kappa shape index (κ3) is 4.18. The third-order valence-corrected chi connectivity index (χ3v) is 3.03. The van der Waals surface area contributed by atoms with Gasteiger partial charge in [-0.25, -0.2) is 0 Å². The summed E-state index contributed by atoms with van der Waals surface area (Å²) in [6, 6.07) is 0.583. The number of nitrogens with zero attached hydrogens (tertiary/aromatic N) is 1. The van der Waals surface area contributed by atoms with Crippen LogP contribution in [-0.2, 0) is 4.79 Å². The number of rotatable bonds is 5. The molecule has 1 atom stereocenters. The zero-order valence-electron chi connectivity index (χ0n) is 9.83. The van der Waals surface area contributed by atoms with Gasteiger partial charge in [-0.05, 0) is 19.3 Å². The van der Waals surface area contributed by atoms with E-state index in [1.807, 2.05) is 0 Å². The normalized spacial score (nSPS) is 22.3. The molecule has 0 radical (unpaired) electrons. The lowest BCUT2D eigenvalue weighted by Crippen LogP contribution is -2.41. The Morgan fingerprint density at radius 1 is 1.53 bits per heavy atom. The highest BCUT2D eigenvalue weighted by molar-refractivity contribution is 5.78. The summed E-state index contributed by atoms with van der Waals surface area (Å²) in [5.41, 5.74) is 5.78. The minimum Gasteiger partial charge on any atom is -0.352 e. The van der Waals surface area contributed by atoms with Crippen LogP contribution in [0.15, 0.2) is 0 Å². The topological polar surface area (TPSA) is 58.4 Å². The predicted molar refractivity (Wildman–Crippen MR) is 61.5 cm³/mol. The number of carbonyl (C=O) groups is 1. The molecule has 0 aromatic rings. The molecule has 1 amide bonds. The van der Waals surface area contributed by atoms with Crippen LogP contribution in [0.1, 0.15) is 33.1 Å². The smallest absolute Gasteiger partial charge is 0.234 e. The molecule has 1 heterocycles. The van der Waals surface area contributed by atoms with Gasteiger partial charge in [-0.15, -0.1) is 0 Å². The molecular formula is C11H23N3O. The largest absolute Gasteiger partial charge is 0.352 e. The number of nitrogens with one attached hydrogen (secondary N) is 1. The van der Waals surface area contributed by atoms with Crippen molar-refractivity contribution in [3.8, 4) is 0 Å². The van der Waals surface area contributed by atoms with Crippen molar-refractivity contribution in [1.29, 1.82) is 0 Å². The first-order valence-corrected chi connectivity index (χ1v) is 5.93. The second kappa shape index (κ2) is 6.08. The summed E-state index contributed by atoms with van der Waals surface area (Å²) in [6.45, 7) is 6.51. The van der Waals surface area contributed by atoms with Crippen LogP contribution >= 0.6 is 0 Å². The van der Waals surface area contributed by atoms with E-state index in [1.54, 1.807) is 0 Å². The predicted octanol–water partition coefficient (Wildman–Crippen LogP) is 0.324. The Kier molecular flexibility index (Phi) is 5.05. The van der Waals surface area contributed by atoms with Gasteiger partial charge in [0, 0.05) is 25.2 Å². The number of hydrogen-bond donors (Lipinski definition) is 2. The highest BCUT2D eigenvalue weighted by Crippen LogP contribution is 2.06. The van der Waals surface area contributed by atoms with Gasteiger partial charge in [0.05, 0.1) is 6.54 Å². The summed E-state index contributed by atoms with van der Waals surface area (Å²) in [5, 5.41) is 3.04. The van der Waals surface area contributed by atoms with Crippen molar-refractivity contribution in [3.05, 3.63) is 0 Å². The minimum atomic E-state index is 0.137. The van der Waals surface area contributed by atoms with E-state index in [0.29, 0.717) is 12.6 Å². The van der Waals surface area contributed by atoms with E-state index in [-0.39, 0.29) is 11.9 Å². The van der Waals surface area contributed by atoms with E-state index < -0.39 is 0 Å². The van der Waals surface area contributed by atoms with Crippen LogP contribution in [0.2, 0.25) is 0 Å². The molecule has 1 aliphatic rings. The lowest BCUT2D eigenvalue weighted by molar-refractivity contribution is -0.122. The van der Waals surface area contributed by atoms with Crippen LogP contribution < -0.4 is 11.1 Å². The first-order chi connectivity index (χ1) is 7.15. The molecule has 0 aromatic carbocycles. The maximum Gasteiger partial charge on any atom is 0.234 e. The van der Waals surface area contributed by atoms with Crippen molar-refractivity contribution in [2.45, 2.75) is 45.2 Å². The Hall–Kier alpha value is -0.610. The SMILES string of the molecule is CCC(CC)NC(=O)CN1CCC(N)C1. The van der Waals surface area contributed by atoms with Gasteiger partial charge < -0.3 is 11.1 Å². The average Bonchev–Trinajstić information content (AvgIpc) is 2.60. The lowest BCUT2D eigenvalue weighted by Gasteiger charge is -2.18. The standard InChI is InChI=1S/C11H23N3O/c1-3-10(4-2)13-11(15)8-14-6-5-9(12)7-14/h9-10H,3-8,12H2,1-2H3,(H,13,15). The number of hydrogen-bond acceptors (Lipinski definition) is 3. The van der Waals surface area contributed by atoms with Gasteiger partial charge in [0.1, 0.15) is 0 Å². The third-order valence-electron chi connectivity index (χ3n) is 3.03. The second-order valence-corrected chi connectivity index (χ2v) is 4.36. The van der Waals surface area contributed by atoms with Crippen molar-refractivity contribution < 1.29 is 4.79 Å². The first kappa shape index (κ1) is 12.5. The van der Waals surface area contributed by atoms with Crippen molar-refractivity contribution in [2.75, 3.05) is 19.6 Å². The Morgan fingerprint density at radius 3 is 2.67 bits per heavy atom. The number of likely N-dealkylation sites (tertiary alicyclic amines) is 1. The van der Waals surface area contributed by atoms with E-state index in [9.17, 15) is 4.79 Å². The van der Waals surface area contributed by atoms with Crippen molar-refractivity contribution in [3.63, 3.8) is 0 Å². The lowest BCUT2D eigenvalue weighted by atomic mass is 10.2. The van der Waals surface area contributed by atoms with E-state index >= 15 is 0 Å². The maximum absolute atomic E-state index is 11.6. The van der Waals surface area contributed by atoms with Gasteiger partial charge >= 0.3 is 0 Å². The molecule has 1 rings (SSSR count). The molecule has 4 nitrogen and oxygen atoms in total. The second-order valence-electron chi connectivity index (χ2n) is 4.36. The Morgan fingerprint density at radius 2 is 2.20 bits per heavy atom. The van der Waals surface area contributed by atoms with E-state index in [2.05, 4.69) is 24.1 Å². The van der Waals surface area contributed by atoms with Gasteiger partial charge in [0.25, 0.3) is 0 Å². The molecule has 4 heteroatoms. The Bertz CT molecular complexity index is 204. The zero-order chi connectivity index (χ0) is 11.3. The van der Waals surface area contributed by atoms with Gasteiger partial charge in [-0.2, -0.15) is 0 Å². The highest BCUT2D eigenvalue weighted by atomic mass is 16.2. The van der Waals surface area contributed by atoms with Crippen LogP contribution in [0.4, 0.5) is 0 Å². The van der Waals surface area contributed by atoms with E-state index in [4.69, 9.17) is 5.73 Å². The monoisotopic (exact) mass is 213 g/mol. The molecule has 0 spiro atoms. The fourth-order valence-corrected chi connectivity index (χ4v) is 1.98. The molecular weight excluding hydrogens is 190 g/mol. The summed E-state index contributed by atoms with van der Waals surface area (Å²) in [4.78, 5) is 13.8. The van der Waals surface area contributed by atoms with Crippen LogP contribution in [-0.4, -0.2) is 42.5 Å². The molecule has 3 N–H and O–H groups in total. The van der Waals surface area contributed by atoms with Crippen molar-refractivity contribution >= 4 is 5.91 Å². The molecule has 0 bridgehead atoms. The van der Waals surface area contributed by atoms with Gasteiger partial charge in [-0.3, -0.25) is 9.69 Å². The van der Waals surface area contributed by atoms with Crippen molar-refractivity contribution in [2.24, 2.45) is 5.73 Å². The number of nitrogens with two attached hydrogens (primary N) is 1. The Labute approximate surface area is 92.2 Å². The number of carbonyl (C=O) groups excluding carboxylic acids is 1. The molecule has 1 saturated heterocycles. The Balaban J connectivity index is 2.23. The van der Waals surface area contributed by atoms with Gasteiger partial charge in [0.15, 0.2) is 0 Å². The minimum absolute atomic E-state index is 0.137. The molecule has 88 valence electrons. The first-order valence-electron chi connectivity index (χ1n) is 5.93. The fraction of sp³-hybridized carbons (Fsp3) is 0.909. The molecule has 1 fully saturated rings. The van der Waals surface area contributed by atoms with E-state index in [1.165, 1.54) is 0 Å². The molecule has 0 aliphatic carbocycles. The summed E-state index contributed by atoms with van der Waals surface area (Å²) in [5.74, 6) is 0.137. The maximum atomic E-state index is 11.6. The van der Waals surface area contributed by atoms with E-state index in [0.717, 1.165) is 32.4 Å². The quantitative estimate of drug-likeness (QED) is 0.691. The van der Waals surface area contributed by atoms with Crippen LogP contribution in [0, 0.1) is 0 Å². The van der Waals surface area contributed by atoms with Crippen molar-refractivity contribution in [1.82, 2.24) is 10.2 Å². The average molecular weight is 213 g/mol. The molecule has 15 heavy (non-hydrogen) atoms. The fourth-order valence-electron chi connectivity index (χ4n) is 1.98. The summed E-state index contributed by atoms with van der Waals surface area (Å²) in [6.07, 6.45) is 3.02. The van der Waals surface area contributed by atoms with Crippen LogP contribution in [0.5, 0.6) is 0 Å². The molecule has 1 aliphatic heterocycles. The summed E-state index contributed by atoms with van der Waals surface area (Å²) >= 11 is 0. The molecule has 1 unspecified atom stereocenters. The van der Waals surface area contributed by atoms with Crippen LogP contribution in [0.3, 0.4) is 0 Å². The number of amides is 1. The van der Waals surface area contributed by atoms with Crippen LogP contribution in [0.25, 0.3) is 0 Å². The molecule has 0 saturated carbocycles.